The first-order valence-electron chi connectivity index (χ1n) is 6.76. The molecule has 0 aliphatic rings. The minimum Gasteiger partial charge on any atom is -0.493 e. The Morgan fingerprint density at radius 3 is 2.90 bits per heavy atom. The van der Waals surface area contributed by atoms with Crippen LogP contribution < -0.4 is 10.5 Å². The highest BCUT2D eigenvalue weighted by Crippen LogP contribution is 2.26. The number of amides is 1. The summed E-state index contributed by atoms with van der Waals surface area (Å²) in [6.45, 7) is 4.29. The van der Waals surface area contributed by atoms with Gasteiger partial charge in [-0.2, -0.15) is 0 Å². The van der Waals surface area contributed by atoms with Crippen molar-refractivity contribution in [2.45, 2.75) is 26.7 Å². The molecule has 0 spiro atoms. The molecule has 0 saturated heterocycles. The zero-order valence-electron chi connectivity index (χ0n) is 11.9. The summed E-state index contributed by atoms with van der Waals surface area (Å²) < 4.78 is 5.81. The minimum absolute atomic E-state index is 0.270. The molecule has 0 fully saturated rings. The molecule has 4 nitrogen and oxygen atoms in total. The second kappa shape index (κ2) is 5.90. The summed E-state index contributed by atoms with van der Waals surface area (Å²) in [5, 5.41) is 2.11. The fraction of sp³-hybridized carbons (Fsp3) is 0.375. The van der Waals surface area contributed by atoms with E-state index in [9.17, 15) is 4.79 Å². The van der Waals surface area contributed by atoms with Crippen molar-refractivity contribution in [3.05, 3.63) is 36.7 Å². The highest BCUT2D eigenvalue weighted by atomic mass is 16.5. The second-order valence-corrected chi connectivity index (χ2v) is 5.55. The molecule has 2 rings (SSSR count). The predicted molar refractivity (Wildman–Crippen MR) is 79.4 cm³/mol. The van der Waals surface area contributed by atoms with Gasteiger partial charge in [-0.15, -0.1) is 0 Å². The Morgan fingerprint density at radius 1 is 1.35 bits per heavy atom. The number of hydrogen-bond acceptors (Lipinski definition) is 3. The molecule has 0 atom stereocenters. The van der Waals surface area contributed by atoms with E-state index in [0.29, 0.717) is 13.0 Å². The van der Waals surface area contributed by atoms with Crippen LogP contribution >= 0.6 is 0 Å². The number of ether oxygens (including phenoxy) is 1. The van der Waals surface area contributed by atoms with Crippen LogP contribution in [-0.4, -0.2) is 17.5 Å². The van der Waals surface area contributed by atoms with Gasteiger partial charge in [0.05, 0.1) is 6.61 Å². The number of carbonyl (C=O) groups is 1. The lowest BCUT2D eigenvalue weighted by Gasteiger charge is -2.20. The zero-order chi connectivity index (χ0) is 14.6. The highest BCUT2D eigenvalue weighted by molar-refractivity contribution is 5.87. The first-order valence-corrected chi connectivity index (χ1v) is 6.76. The smallest absolute Gasteiger partial charge is 0.223 e. The maximum Gasteiger partial charge on any atom is 0.223 e. The lowest BCUT2D eigenvalue weighted by molar-refractivity contribution is -0.126. The molecule has 0 bridgehead atoms. The molecule has 0 aliphatic carbocycles. The van der Waals surface area contributed by atoms with Crippen LogP contribution in [0.15, 0.2) is 36.7 Å². The van der Waals surface area contributed by atoms with Gasteiger partial charge in [-0.05, 0) is 25.0 Å². The third-order valence-corrected chi connectivity index (χ3v) is 3.51. The van der Waals surface area contributed by atoms with Gasteiger partial charge in [-0.3, -0.25) is 9.78 Å². The molecular weight excluding hydrogens is 252 g/mol. The first-order chi connectivity index (χ1) is 9.50. The van der Waals surface area contributed by atoms with Gasteiger partial charge in [0.15, 0.2) is 0 Å². The molecule has 0 aliphatic heterocycles. The number of carbonyl (C=O) groups excluding carboxylic acids is 1. The summed E-state index contributed by atoms with van der Waals surface area (Å²) >= 11 is 0. The van der Waals surface area contributed by atoms with E-state index in [-0.39, 0.29) is 5.91 Å². The number of fused-ring (bicyclic) bond motifs is 1. The van der Waals surface area contributed by atoms with Crippen LogP contribution in [0.5, 0.6) is 5.75 Å². The molecule has 0 radical (unpaired) electrons. The van der Waals surface area contributed by atoms with Crippen molar-refractivity contribution in [3.63, 3.8) is 0 Å². The Balaban J connectivity index is 1.95. The molecule has 106 valence electrons. The van der Waals surface area contributed by atoms with Crippen LogP contribution in [0.4, 0.5) is 0 Å². The maximum atomic E-state index is 11.2. The SMILES string of the molecule is CC(C)(CCCOc1cccc2cnccc12)C(N)=O. The van der Waals surface area contributed by atoms with Crippen molar-refractivity contribution < 1.29 is 9.53 Å². The Bertz CT molecular complexity index is 603. The normalized spacial score (nSPS) is 11.5. The summed E-state index contributed by atoms with van der Waals surface area (Å²) in [6, 6.07) is 7.84. The van der Waals surface area contributed by atoms with Gasteiger partial charge in [-0.1, -0.05) is 26.0 Å². The fourth-order valence-corrected chi connectivity index (χ4v) is 2.04. The Hall–Kier alpha value is -2.10. The molecule has 2 N–H and O–H groups in total. The molecule has 1 heterocycles. The number of rotatable bonds is 6. The van der Waals surface area contributed by atoms with E-state index in [0.717, 1.165) is 22.9 Å². The summed E-state index contributed by atoms with van der Waals surface area (Å²) in [4.78, 5) is 15.3. The molecule has 1 aromatic heterocycles. The second-order valence-electron chi connectivity index (χ2n) is 5.55. The topological polar surface area (TPSA) is 65.2 Å². The number of nitrogens with zero attached hydrogens (tertiary/aromatic N) is 1. The first kappa shape index (κ1) is 14.3. The molecule has 1 aromatic carbocycles. The van der Waals surface area contributed by atoms with Crippen molar-refractivity contribution in [1.29, 1.82) is 0 Å². The van der Waals surface area contributed by atoms with E-state index in [1.54, 1.807) is 6.20 Å². The van der Waals surface area contributed by atoms with Gasteiger partial charge in [0.25, 0.3) is 0 Å². The predicted octanol–water partition coefficient (Wildman–Crippen LogP) is 2.91. The van der Waals surface area contributed by atoms with E-state index in [4.69, 9.17) is 10.5 Å². The standard InChI is InChI=1S/C16H20N2O2/c1-16(2,15(17)19)8-4-10-20-14-6-3-5-12-11-18-9-7-13(12)14/h3,5-7,9,11H,4,8,10H2,1-2H3,(H2,17,19). The lowest BCUT2D eigenvalue weighted by atomic mass is 9.87. The molecule has 4 heteroatoms. The minimum atomic E-state index is -0.480. The third kappa shape index (κ3) is 3.26. The van der Waals surface area contributed by atoms with Crippen molar-refractivity contribution in [3.8, 4) is 5.75 Å². The van der Waals surface area contributed by atoms with Gasteiger partial charge < -0.3 is 10.5 Å². The average molecular weight is 272 g/mol. The molecule has 2 aromatic rings. The quantitative estimate of drug-likeness (QED) is 0.822. The fourth-order valence-electron chi connectivity index (χ4n) is 2.04. The number of aromatic nitrogens is 1. The van der Waals surface area contributed by atoms with Gasteiger partial charge in [0, 0.05) is 28.6 Å². The van der Waals surface area contributed by atoms with E-state index in [1.807, 2.05) is 44.3 Å². The van der Waals surface area contributed by atoms with Crippen LogP contribution in [0.3, 0.4) is 0 Å². The van der Waals surface area contributed by atoms with Crippen molar-refractivity contribution >= 4 is 16.7 Å². The number of pyridine rings is 1. The number of benzene rings is 1. The molecule has 0 unspecified atom stereocenters. The van der Waals surface area contributed by atoms with Crippen molar-refractivity contribution in [1.82, 2.24) is 4.98 Å². The molecule has 1 amide bonds. The van der Waals surface area contributed by atoms with Crippen molar-refractivity contribution in [2.75, 3.05) is 6.61 Å². The van der Waals surface area contributed by atoms with E-state index < -0.39 is 5.41 Å². The Morgan fingerprint density at radius 2 is 2.15 bits per heavy atom. The van der Waals surface area contributed by atoms with Crippen LogP contribution in [0.25, 0.3) is 10.8 Å². The maximum absolute atomic E-state index is 11.2. The van der Waals surface area contributed by atoms with E-state index in [1.165, 1.54) is 0 Å². The summed E-state index contributed by atoms with van der Waals surface area (Å²) in [5.74, 6) is 0.579. The van der Waals surface area contributed by atoms with Gasteiger partial charge in [0.2, 0.25) is 5.91 Å². The van der Waals surface area contributed by atoms with Crippen LogP contribution in [-0.2, 0) is 4.79 Å². The zero-order valence-corrected chi connectivity index (χ0v) is 11.9. The molecular formula is C16H20N2O2. The summed E-state index contributed by atoms with van der Waals surface area (Å²) in [7, 11) is 0. The van der Waals surface area contributed by atoms with Crippen LogP contribution in [0.1, 0.15) is 26.7 Å². The largest absolute Gasteiger partial charge is 0.493 e. The van der Waals surface area contributed by atoms with Crippen molar-refractivity contribution in [2.24, 2.45) is 11.1 Å². The number of hydrogen-bond donors (Lipinski definition) is 1. The van der Waals surface area contributed by atoms with Crippen LogP contribution in [0.2, 0.25) is 0 Å². The molecule has 0 saturated carbocycles. The third-order valence-electron chi connectivity index (χ3n) is 3.51. The van der Waals surface area contributed by atoms with Gasteiger partial charge >= 0.3 is 0 Å². The molecule has 20 heavy (non-hydrogen) atoms. The van der Waals surface area contributed by atoms with E-state index >= 15 is 0 Å². The lowest BCUT2D eigenvalue weighted by Crippen LogP contribution is -2.31. The van der Waals surface area contributed by atoms with Gasteiger partial charge in [0.1, 0.15) is 5.75 Å². The number of nitrogens with two attached hydrogens (primary N) is 1. The Kier molecular flexibility index (Phi) is 4.23. The highest BCUT2D eigenvalue weighted by Gasteiger charge is 2.23. The van der Waals surface area contributed by atoms with E-state index in [2.05, 4.69) is 4.98 Å². The Labute approximate surface area is 119 Å². The van der Waals surface area contributed by atoms with Crippen LogP contribution in [0, 0.1) is 5.41 Å². The number of primary amides is 1. The van der Waals surface area contributed by atoms with Gasteiger partial charge in [-0.25, -0.2) is 0 Å². The monoisotopic (exact) mass is 272 g/mol. The average Bonchev–Trinajstić information content (AvgIpc) is 2.43. The summed E-state index contributed by atoms with van der Waals surface area (Å²) in [6.07, 6.45) is 5.08. The summed E-state index contributed by atoms with van der Waals surface area (Å²) in [5.41, 5.74) is 4.87.